The van der Waals surface area contributed by atoms with Crippen LogP contribution in [-0.2, 0) is 12.7 Å². The van der Waals surface area contributed by atoms with Crippen molar-refractivity contribution in [1.82, 2.24) is 9.88 Å². The van der Waals surface area contributed by atoms with E-state index in [4.69, 9.17) is 0 Å². The number of hydrogen-bond donors (Lipinski definition) is 1. The molecule has 0 aliphatic heterocycles. The summed E-state index contributed by atoms with van der Waals surface area (Å²) in [6.45, 7) is 6.61. The lowest BCUT2D eigenvalue weighted by Gasteiger charge is -2.16. The molecule has 0 radical (unpaired) electrons. The standard InChI is InChI=1S/C33H29F3N2O/c1-21-23(3)38(20-24-9-11-27(12-10-24)26-7-5-4-6-8-26)31-18-15-28(19-30(21)31)32(39)37-22(2)25-13-16-29(17-14-25)33(34,35)36/h4-19,22H,20H2,1-3H3,(H,37,39)/t22-/m0/s1. The van der Waals surface area contributed by atoms with Crippen molar-refractivity contribution in [3.63, 3.8) is 0 Å². The fourth-order valence-corrected chi connectivity index (χ4v) is 4.93. The van der Waals surface area contributed by atoms with E-state index in [-0.39, 0.29) is 5.91 Å². The average Bonchev–Trinajstić information content (AvgIpc) is 3.17. The van der Waals surface area contributed by atoms with Gasteiger partial charge in [0.05, 0.1) is 11.6 Å². The molecule has 0 unspecified atom stereocenters. The molecule has 1 atom stereocenters. The van der Waals surface area contributed by atoms with Crippen LogP contribution in [0.3, 0.4) is 0 Å². The first-order valence-electron chi connectivity index (χ1n) is 12.8. The number of benzene rings is 4. The van der Waals surface area contributed by atoms with E-state index in [0.717, 1.165) is 34.3 Å². The van der Waals surface area contributed by atoms with Gasteiger partial charge in [-0.2, -0.15) is 13.2 Å². The van der Waals surface area contributed by atoms with Crippen LogP contribution in [0.15, 0.2) is 97.1 Å². The summed E-state index contributed by atoms with van der Waals surface area (Å²) in [5, 5.41) is 3.91. The van der Waals surface area contributed by atoms with Gasteiger partial charge in [0.2, 0.25) is 0 Å². The van der Waals surface area contributed by atoms with Gasteiger partial charge < -0.3 is 9.88 Å². The maximum atomic E-state index is 13.0. The van der Waals surface area contributed by atoms with Gasteiger partial charge in [0.1, 0.15) is 0 Å². The molecule has 0 spiro atoms. The SMILES string of the molecule is Cc1c(C)n(Cc2ccc(-c3ccccc3)cc2)c2ccc(C(=O)N[C@@H](C)c3ccc(C(F)(F)F)cc3)cc12. The minimum Gasteiger partial charge on any atom is -0.346 e. The molecule has 0 bridgehead atoms. The third-order valence-electron chi connectivity index (χ3n) is 7.39. The fourth-order valence-electron chi connectivity index (χ4n) is 4.93. The summed E-state index contributed by atoms with van der Waals surface area (Å²) in [5.74, 6) is -0.273. The van der Waals surface area contributed by atoms with E-state index in [1.54, 1.807) is 13.0 Å². The predicted molar refractivity (Wildman–Crippen MR) is 150 cm³/mol. The lowest BCUT2D eigenvalue weighted by Crippen LogP contribution is -2.26. The highest BCUT2D eigenvalue weighted by Gasteiger charge is 2.30. The van der Waals surface area contributed by atoms with Crippen LogP contribution < -0.4 is 5.32 Å². The summed E-state index contributed by atoms with van der Waals surface area (Å²) < 4.78 is 40.9. The lowest BCUT2D eigenvalue weighted by atomic mass is 10.0. The van der Waals surface area contributed by atoms with Crippen LogP contribution in [0.1, 0.15) is 51.3 Å². The monoisotopic (exact) mass is 526 g/mol. The number of aryl methyl sites for hydroxylation is 1. The minimum absolute atomic E-state index is 0.273. The summed E-state index contributed by atoms with van der Waals surface area (Å²) >= 11 is 0. The highest BCUT2D eigenvalue weighted by Crippen LogP contribution is 2.31. The third-order valence-corrected chi connectivity index (χ3v) is 7.39. The van der Waals surface area contributed by atoms with Crippen LogP contribution in [-0.4, -0.2) is 10.5 Å². The number of carbonyl (C=O) groups excluding carboxylic acids is 1. The molecule has 1 aromatic heterocycles. The van der Waals surface area contributed by atoms with Gasteiger partial charge in [0.25, 0.3) is 5.91 Å². The number of hydrogen-bond acceptors (Lipinski definition) is 1. The Kier molecular flexibility index (Phi) is 7.04. The fraction of sp³-hybridized carbons (Fsp3) is 0.182. The molecular weight excluding hydrogens is 497 g/mol. The number of halogens is 3. The summed E-state index contributed by atoms with van der Waals surface area (Å²) in [6.07, 6.45) is -4.39. The quantitative estimate of drug-likeness (QED) is 0.237. The molecular formula is C33H29F3N2O. The number of fused-ring (bicyclic) bond motifs is 1. The molecule has 5 rings (SSSR count). The molecule has 1 N–H and O–H groups in total. The summed E-state index contributed by atoms with van der Waals surface area (Å²) in [5.41, 5.74) is 7.22. The smallest absolute Gasteiger partial charge is 0.346 e. The first-order valence-corrected chi connectivity index (χ1v) is 12.8. The molecule has 198 valence electrons. The van der Waals surface area contributed by atoms with Crippen molar-refractivity contribution in [3.8, 4) is 11.1 Å². The van der Waals surface area contributed by atoms with Crippen LogP contribution in [0.25, 0.3) is 22.0 Å². The van der Waals surface area contributed by atoms with Crippen molar-refractivity contribution in [2.24, 2.45) is 0 Å². The average molecular weight is 527 g/mol. The summed E-state index contributed by atoms with van der Waals surface area (Å²) in [6, 6.07) is 28.9. The van der Waals surface area contributed by atoms with Gasteiger partial charge in [-0.3, -0.25) is 4.79 Å². The number of aromatic nitrogens is 1. The zero-order valence-corrected chi connectivity index (χ0v) is 22.0. The molecule has 0 fully saturated rings. The molecule has 6 heteroatoms. The highest BCUT2D eigenvalue weighted by atomic mass is 19.4. The van der Waals surface area contributed by atoms with Crippen LogP contribution in [0.2, 0.25) is 0 Å². The molecule has 3 nitrogen and oxygen atoms in total. The molecule has 0 aliphatic carbocycles. The van der Waals surface area contributed by atoms with Crippen LogP contribution in [0.5, 0.6) is 0 Å². The van der Waals surface area contributed by atoms with Gasteiger partial charge in [-0.1, -0.05) is 66.7 Å². The van der Waals surface area contributed by atoms with Crippen molar-refractivity contribution in [1.29, 1.82) is 0 Å². The summed E-state index contributed by atoms with van der Waals surface area (Å²) in [4.78, 5) is 13.0. The van der Waals surface area contributed by atoms with Crippen molar-refractivity contribution in [3.05, 3.63) is 131 Å². The van der Waals surface area contributed by atoms with Crippen molar-refractivity contribution in [2.75, 3.05) is 0 Å². The molecule has 1 amide bonds. The maximum absolute atomic E-state index is 13.0. The second-order valence-electron chi connectivity index (χ2n) is 9.91. The predicted octanol–water partition coefficient (Wildman–Crippen LogP) is 8.48. The normalized spacial score (nSPS) is 12.5. The van der Waals surface area contributed by atoms with Crippen LogP contribution in [0.4, 0.5) is 13.2 Å². The number of alkyl halides is 3. The molecule has 0 aliphatic rings. The molecule has 0 saturated carbocycles. The lowest BCUT2D eigenvalue weighted by molar-refractivity contribution is -0.137. The van der Waals surface area contributed by atoms with E-state index in [2.05, 4.69) is 60.1 Å². The Hall–Kier alpha value is -4.32. The van der Waals surface area contributed by atoms with E-state index in [9.17, 15) is 18.0 Å². The van der Waals surface area contributed by atoms with Gasteiger partial charge in [0.15, 0.2) is 0 Å². The Bertz CT molecular complexity index is 1620. The van der Waals surface area contributed by atoms with E-state index < -0.39 is 17.8 Å². The number of amides is 1. The van der Waals surface area contributed by atoms with Crippen LogP contribution in [0, 0.1) is 13.8 Å². The second-order valence-corrected chi connectivity index (χ2v) is 9.91. The van der Waals surface area contributed by atoms with Gasteiger partial charge in [-0.15, -0.1) is 0 Å². The molecule has 5 aromatic rings. The largest absolute Gasteiger partial charge is 0.416 e. The Morgan fingerprint density at radius 3 is 2.13 bits per heavy atom. The van der Waals surface area contributed by atoms with E-state index in [0.29, 0.717) is 17.7 Å². The zero-order valence-electron chi connectivity index (χ0n) is 22.0. The maximum Gasteiger partial charge on any atom is 0.416 e. The van der Waals surface area contributed by atoms with Gasteiger partial charge >= 0.3 is 6.18 Å². The van der Waals surface area contributed by atoms with Crippen molar-refractivity contribution in [2.45, 2.75) is 39.5 Å². The molecule has 39 heavy (non-hydrogen) atoms. The Balaban J connectivity index is 1.34. The number of nitrogens with zero attached hydrogens (tertiary/aromatic N) is 1. The van der Waals surface area contributed by atoms with Crippen molar-refractivity contribution < 1.29 is 18.0 Å². The number of rotatable bonds is 6. The van der Waals surface area contributed by atoms with E-state index in [1.165, 1.54) is 28.8 Å². The van der Waals surface area contributed by atoms with E-state index >= 15 is 0 Å². The van der Waals surface area contributed by atoms with Gasteiger partial charge in [-0.05, 0) is 78.9 Å². The van der Waals surface area contributed by atoms with Gasteiger partial charge in [0, 0.05) is 28.7 Å². The first kappa shape index (κ1) is 26.3. The van der Waals surface area contributed by atoms with Crippen molar-refractivity contribution >= 4 is 16.8 Å². The van der Waals surface area contributed by atoms with Gasteiger partial charge in [-0.25, -0.2) is 0 Å². The Labute approximate surface area is 225 Å². The Morgan fingerprint density at radius 1 is 0.846 bits per heavy atom. The molecule has 1 heterocycles. The first-order chi connectivity index (χ1) is 18.6. The van der Waals surface area contributed by atoms with Crippen LogP contribution >= 0.6 is 0 Å². The summed E-state index contributed by atoms with van der Waals surface area (Å²) in [7, 11) is 0. The number of carbonyl (C=O) groups is 1. The van der Waals surface area contributed by atoms with E-state index in [1.807, 2.05) is 30.3 Å². The zero-order chi connectivity index (χ0) is 27.7. The third kappa shape index (κ3) is 5.46. The topological polar surface area (TPSA) is 34.0 Å². The second kappa shape index (κ2) is 10.4. The Morgan fingerprint density at radius 2 is 1.49 bits per heavy atom. The molecule has 4 aromatic carbocycles. The molecule has 0 saturated heterocycles. The minimum atomic E-state index is -4.39. The highest BCUT2D eigenvalue weighted by molar-refractivity contribution is 5.99. The number of nitrogens with one attached hydrogen (secondary N) is 1.